The van der Waals surface area contributed by atoms with E-state index in [1.807, 2.05) is 30.3 Å². The van der Waals surface area contributed by atoms with Crippen molar-refractivity contribution in [1.29, 1.82) is 0 Å². The smallest absolute Gasteiger partial charge is 0.195 e. The number of hydrogen-bond acceptors (Lipinski definition) is 2. The molecule has 60 valence electrons. The average Bonchev–Trinajstić information content (AvgIpc) is 2.08. The lowest BCUT2D eigenvalue weighted by atomic mass is 10.2. The van der Waals surface area contributed by atoms with Crippen LogP contribution in [0.1, 0.15) is 5.56 Å². The summed E-state index contributed by atoms with van der Waals surface area (Å²) in [4.78, 5) is 8.25. The average molecular weight is 173 g/mol. The van der Waals surface area contributed by atoms with Crippen molar-refractivity contribution in [3.05, 3.63) is 35.9 Å². The molecule has 0 saturated heterocycles. The summed E-state index contributed by atoms with van der Waals surface area (Å²) in [6, 6.07) is 10.1. The van der Waals surface area contributed by atoms with E-state index in [1.54, 1.807) is 0 Å². The first-order chi connectivity index (χ1) is 5.35. The van der Waals surface area contributed by atoms with E-state index in [4.69, 9.17) is 21.5 Å². The molecule has 0 aliphatic rings. The van der Waals surface area contributed by atoms with E-state index in [9.17, 15) is 0 Å². The molecule has 0 aliphatic carbocycles. The van der Waals surface area contributed by atoms with Gasteiger partial charge in [0.05, 0.1) is 0 Å². The maximum atomic E-state index is 8.25. The maximum absolute atomic E-state index is 8.25. The van der Waals surface area contributed by atoms with Crippen molar-refractivity contribution in [2.45, 2.75) is 5.88 Å². The zero-order valence-corrected chi connectivity index (χ0v) is 6.71. The van der Waals surface area contributed by atoms with Gasteiger partial charge in [-0.05, 0) is 0 Å². The minimum absolute atomic E-state index is 0.500. The Morgan fingerprint density at radius 2 is 1.82 bits per heavy atom. The van der Waals surface area contributed by atoms with Crippen LogP contribution in [0.4, 0.5) is 0 Å². The topological polar surface area (TPSA) is 40.1 Å². The van der Waals surface area contributed by atoms with Crippen LogP contribution in [0.3, 0.4) is 0 Å². The predicted octanol–water partition coefficient (Wildman–Crippen LogP) is -0.166. The molecular formula is C8H9ClO2. The van der Waals surface area contributed by atoms with Gasteiger partial charge in [0.2, 0.25) is 0 Å². The summed E-state index contributed by atoms with van der Waals surface area (Å²) in [7, 11) is 0. The van der Waals surface area contributed by atoms with Crippen LogP contribution in [0, 0.1) is 11.6 Å². The summed E-state index contributed by atoms with van der Waals surface area (Å²) in [5.74, 6) is 0.723. The van der Waals surface area contributed by atoms with Gasteiger partial charge in [-0.3, -0.25) is 0 Å². The van der Waals surface area contributed by atoms with Gasteiger partial charge in [0, 0.05) is 12.0 Å². The van der Waals surface area contributed by atoms with E-state index >= 15 is 0 Å². The number of carbonyl (C=O) groups is 1. The molecular weight excluding hydrogens is 164 g/mol. The van der Waals surface area contributed by atoms with Gasteiger partial charge in [0.15, 0.2) is 5.88 Å². The molecule has 0 aromatic heterocycles. The highest BCUT2D eigenvalue weighted by atomic mass is 35.5. The lowest BCUT2D eigenvalue weighted by molar-refractivity contribution is -0.386. The van der Waals surface area contributed by atoms with E-state index in [1.165, 1.54) is 5.56 Å². The molecule has 3 heteroatoms. The van der Waals surface area contributed by atoms with Crippen molar-refractivity contribution in [2.24, 2.45) is 0 Å². The first-order valence-electron chi connectivity index (χ1n) is 3.02. The second-order valence-electron chi connectivity index (χ2n) is 1.73. The van der Waals surface area contributed by atoms with Crippen LogP contribution >= 0.6 is 0 Å². The van der Waals surface area contributed by atoms with Crippen molar-refractivity contribution < 1.29 is 21.5 Å². The summed E-state index contributed by atoms with van der Waals surface area (Å²) in [5.41, 5.74) is 1.22. The highest BCUT2D eigenvalue weighted by Gasteiger charge is 1.88. The summed E-state index contributed by atoms with van der Waals surface area (Å²) in [6.07, 6.45) is 0. The zero-order chi connectivity index (χ0) is 8.53. The van der Waals surface area contributed by atoms with Gasteiger partial charge >= 0.3 is 0 Å². The molecule has 0 unspecified atom stereocenters. The van der Waals surface area contributed by atoms with Crippen molar-refractivity contribution >= 4 is 6.47 Å². The molecule has 0 radical (unpaired) electrons. The Hall–Kier alpha value is -1.02. The van der Waals surface area contributed by atoms with Gasteiger partial charge in [-0.1, -0.05) is 30.3 Å². The first-order valence-corrected chi connectivity index (χ1v) is 3.60. The fourth-order valence-electron chi connectivity index (χ4n) is 0.574. The number of benzene rings is 1. The summed E-state index contributed by atoms with van der Waals surface area (Å²) >= 11 is 4.82. The Kier molecular flexibility index (Phi) is 6.43. The van der Waals surface area contributed by atoms with Crippen LogP contribution in [-0.2, 0) is 10.7 Å². The molecule has 1 aromatic carbocycles. The number of carbonyl (C=O) groups excluding carboxylic acids is 1. The molecule has 0 saturated carbocycles. The third-order valence-corrected chi connectivity index (χ3v) is 1.34. The molecule has 0 atom stereocenters. The number of rotatable bonds is 1. The van der Waals surface area contributed by atoms with Crippen molar-refractivity contribution in [2.75, 3.05) is 0 Å². The van der Waals surface area contributed by atoms with E-state index in [-0.39, 0.29) is 0 Å². The van der Waals surface area contributed by atoms with E-state index < -0.39 is 6.47 Å². The summed E-state index contributed by atoms with van der Waals surface area (Å²) in [6.45, 7) is -0.500. The molecule has 1 aromatic rings. The highest BCUT2D eigenvalue weighted by molar-refractivity contribution is 5.29. The Bertz CT molecular complexity index is 187. The van der Waals surface area contributed by atoms with Gasteiger partial charge in [-0.15, -0.1) is 0 Å². The minimum atomic E-state index is -0.500. The van der Waals surface area contributed by atoms with E-state index in [2.05, 4.69) is 0 Å². The minimum Gasteiger partial charge on any atom is -0.554 e. The molecule has 0 N–H and O–H groups in total. The third-order valence-electron chi connectivity index (χ3n) is 1.01. The lowest BCUT2D eigenvalue weighted by Gasteiger charge is -1.83. The van der Waals surface area contributed by atoms with Gasteiger partial charge in [0.25, 0.3) is 0 Å². The third kappa shape index (κ3) is 5.43. The Labute approximate surface area is 70.4 Å². The molecule has 0 spiro atoms. The van der Waals surface area contributed by atoms with Gasteiger partial charge in [-0.25, -0.2) is 0 Å². The van der Waals surface area contributed by atoms with Crippen LogP contribution in [-0.4, -0.2) is 6.47 Å². The maximum Gasteiger partial charge on any atom is 0.195 e. The quantitative estimate of drug-likeness (QED) is 0.436. The second kappa shape index (κ2) is 7.09. The highest BCUT2D eigenvalue weighted by Crippen LogP contribution is 1.96. The number of alkyl halides is 1. The van der Waals surface area contributed by atoms with Crippen molar-refractivity contribution in [3.63, 3.8) is 0 Å². The van der Waals surface area contributed by atoms with Gasteiger partial charge in [0.1, 0.15) is 11.6 Å². The normalized spacial score (nSPS) is 7.73. The first kappa shape index (κ1) is 9.98. The van der Waals surface area contributed by atoms with Crippen LogP contribution in [0.2, 0.25) is 0 Å². The SMILES string of the molecule is O=C[O-].[ClH+]Cc1ccccc1. The Morgan fingerprint density at radius 1 is 1.36 bits per heavy atom. The molecule has 11 heavy (non-hydrogen) atoms. The Morgan fingerprint density at radius 3 is 2.09 bits per heavy atom. The van der Waals surface area contributed by atoms with Crippen LogP contribution in [0.5, 0.6) is 0 Å². The standard InChI is InChI=1S/C7H8Cl.CH2O2/c8-6-7-4-2-1-3-5-7;2-1-3/h1-5,8H,6H2;1H,(H,2,3)/q+1;/p-1. The van der Waals surface area contributed by atoms with Gasteiger partial charge in [-0.2, -0.15) is 0 Å². The van der Waals surface area contributed by atoms with Crippen molar-refractivity contribution in [3.8, 4) is 0 Å². The number of carboxylic acid groups (broad SMARTS) is 1. The molecule has 0 heterocycles. The fraction of sp³-hybridized carbons (Fsp3) is 0.125. The van der Waals surface area contributed by atoms with Gasteiger partial charge < -0.3 is 9.90 Å². The van der Waals surface area contributed by atoms with Crippen molar-refractivity contribution in [1.82, 2.24) is 0 Å². The largest absolute Gasteiger partial charge is 0.554 e. The van der Waals surface area contributed by atoms with E-state index in [0.717, 1.165) is 5.88 Å². The molecule has 2 nitrogen and oxygen atoms in total. The lowest BCUT2D eigenvalue weighted by Crippen LogP contribution is -2.01. The molecule has 0 amide bonds. The van der Waals surface area contributed by atoms with Crippen LogP contribution in [0.25, 0.3) is 0 Å². The zero-order valence-electron chi connectivity index (χ0n) is 5.90. The molecule has 0 fully saturated rings. The number of hydrogen-bond donors (Lipinski definition) is 0. The molecule has 0 bridgehead atoms. The summed E-state index contributed by atoms with van der Waals surface area (Å²) < 4.78 is 0. The fourth-order valence-corrected chi connectivity index (χ4v) is 0.767. The van der Waals surface area contributed by atoms with E-state index in [0.29, 0.717) is 0 Å². The molecule has 1 rings (SSSR count). The molecule has 0 aliphatic heterocycles. The second-order valence-corrected chi connectivity index (χ2v) is 2.01. The number of halogens is 1. The monoisotopic (exact) mass is 172 g/mol. The van der Waals surface area contributed by atoms with Crippen LogP contribution < -0.4 is 5.11 Å². The summed E-state index contributed by atoms with van der Waals surface area (Å²) in [5, 5.41) is 8.25. The Balaban J connectivity index is 0.000000292. The predicted molar refractivity (Wildman–Crippen MR) is 37.6 cm³/mol. The van der Waals surface area contributed by atoms with Crippen LogP contribution in [0.15, 0.2) is 30.3 Å².